The Kier molecular flexibility index (Phi) is 5.77. The normalized spacial score (nSPS) is 11.9. The lowest BCUT2D eigenvalue weighted by Crippen LogP contribution is -2.37. The highest BCUT2D eigenvalue weighted by Gasteiger charge is 2.22. The van der Waals surface area contributed by atoms with Crippen LogP contribution in [-0.4, -0.2) is 30.4 Å². The molecule has 0 saturated carbocycles. The van der Waals surface area contributed by atoms with Crippen molar-refractivity contribution in [2.75, 3.05) is 13.7 Å². The third-order valence-electron chi connectivity index (χ3n) is 3.28. The molecule has 5 nitrogen and oxygen atoms in total. The van der Waals surface area contributed by atoms with Crippen molar-refractivity contribution < 1.29 is 18.7 Å². The second kappa shape index (κ2) is 7.79. The van der Waals surface area contributed by atoms with Gasteiger partial charge in [0.15, 0.2) is 0 Å². The molecule has 2 aromatic heterocycles. The van der Waals surface area contributed by atoms with Gasteiger partial charge in [-0.05, 0) is 23.6 Å². The molecule has 0 radical (unpaired) electrons. The number of amides is 1. The van der Waals surface area contributed by atoms with Crippen molar-refractivity contribution in [3.05, 3.63) is 46.5 Å². The van der Waals surface area contributed by atoms with Gasteiger partial charge in [-0.1, -0.05) is 13.0 Å². The molecule has 1 unspecified atom stereocenters. The van der Waals surface area contributed by atoms with Gasteiger partial charge in [0.2, 0.25) is 5.91 Å². The van der Waals surface area contributed by atoms with Gasteiger partial charge in [0.05, 0.1) is 32.3 Å². The molecule has 1 amide bonds. The van der Waals surface area contributed by atoms with Gasteiger partial charge in [-0.3, -0.25) is 9.59 Å². The van der Waals surface area contributed by atoms with Crippen LogP contribution < -0.4 is 0 Å². The molecular weight excluding hydrogens is 302 g/mol. The number of rotatable bonds is 7. The van der Waals surface area contributed by atoms with Crippen LogP contribution in [0, 0.1) is 5.92 Å². The first-order chi connectivity index (χ1) is 10.6. The van der Waals surface area contributed by atoms with Crippen LogP contribution in [0.25, 0.3) is 0 Å². The van der Waals surface area contributed by atoms with Crippen LogP contribution >= 0.6 is 11.3 Å². The number of carbonyl (C=O) groups excluding carboxylic acids is 2. The van der Waals surface area contributed by atoms with E-state index >= 15 is 0 Å². The van der Waals surface area contributed by atoms with Gasteiger partial charge in [-0.15, -0.1) is 11.3 Å². The number of carbonyl (C=O) groups is 2. The summed E-state index contributed by atoms with van der Waals surface area (Å²) in [5.41, 5.74) is 0. The summed E-state index contributed by atoms with van der Waals surface area (Å²) in [5.74, 6) is -0.0492. The zero-order valence-corrected chi connectivity index (χ0v) is 13.5. The van der Waals surface area contributed by atoms with E-state index in [0.29, 0.717) is 25.3 Å². The first-order valence-corrected chi connectivity index (χ1v) is 7.88. The summed E-state index contributed by atoms with van der Waals surface area (Å²) in [6.45, 7) is 2.40. The number of furan rings is 1. The van der Waals surface area contributed by atoms with E-state index in [1.165, 1.54) is 7.11 Å². The number of methoxy groups -OCH3 is 1. The maximum absolute atomic E-state index is 12.5. The second-order valence-corrected chi connectivity index (χ2v) is 6.07. The highest BCUT2D eigenvalue weighted by atomic mass is 32.1. The topological polar surface area (TPSA) is 59.8 Å². The number of ether oxygens (including phenoxy) is 1. The molecule has 118 valence electrons. The minimum absolute atomic E-state index is 0.0328. The molecule has 6 heteroatoms. The average molecular weight is 321 g/mol. The quantitative estimate of drug-likeness (QED) is 0.736. The molecule has 22 heavy (non-hydrogen) atoms. The summed E-state index contributed by atoms with van der Waals surface area (Å²) in [6, 6.07) is 7.44. The molecule has 0 aromatic carbocycles. The largest absolute Gasteiger partial charge is 0.469 e. The Balaban J connectivity index is 2.06. The number of esters is 1. The van der Waals surface area contributed by atoms with Gasteiger partial charge < -0.3 is 14.1 Å². The average Bonchev–Trinajstić information content (AvgIpc) is 3.19. The van der Waals surface area contributed by atoms with Crippen molar-refractivity contribution in [3.63, 3.8) is 0 Å². The maximum Gasteiger partial charge on any atom is 0.310 e. The van der Waals surface area contributed by atoms with Gasteiger partial charge in [-0.25, -0.2) is 0 Å². The molecule has 0 bridgehead atoms. The summed E-state index contributed by atoms with van der Waals surface area (Å²) in [5, 5.41) is 1.94. The number of hydrogen-bond donors (Lipinski definition) is 0. The van der Waals surface area contributed by atoms with Gasteiger partial charge in [0.25, 0.3) is 0 Å². The van der Waals surface area contributed by atoms with Gasteiger partial charge >= 0.3 is 5.97 Å². The lowest BCUT2D eigenvalue weighted by Gasteiger charge is -2.24. The molecule has 0 saturated heterocycles. The van der Waals surface area contributed by atoms with Crippen LogP contribution in [0.5, 0.6) is 0 Å². The lowest BCUT2D eigenvalue weighted by atomic mass is 10.1. The second-order valence-electron chi connectivity index (χ2n) is 5.03. The molecule has 0 spiro atoms. The number of thiophene rings is 1. The zero-order valence-electron chi connectivity index (χ0n) is 12.7. The number of hydrogen-bond acceptors (Lipinski definition) is 5. The van der Waals surface area contributed by atoms with Crippen LogP contribution in [0.4, 0.5) is 0 Å². The summed E-state index contributed by atoms with van der Waals surface area (Å²) in [7, 11) is 1.35. The maximum atomic E-state index is 12.5. The van der Waals surface area contributed by atoms with Gasteiger partial charge in [0, 0.05) is 11.4 Å². The Morgan fingerprint density at radius 3 is 2.77 bits per heavy atom. The highest BCUT2D eigenvalue weighted by molar-refractivity contribution is 7.10. The van der Waals surface area contributed by atoms with Crippen LogP contribution in [0.1, 0.15) is 17.6 Å². The van der Waals surface area contributed by atoms with Crippen molar-refractivity contribution in [2.45, 2.75) is 19.9 Å². The summed E-state index contributed by atoms with van der Waals surface area (Å²) < 4.78 is 10.0. The fourth-order valence-corrected chi connectivity index (χ4v) is 2.82. The Morgan fingerprint density at radius 2 is 2.18 bits per heavy atom. The van der Waals surface area contributed by atoms with Crippen LogP contribution in [0.15, 0.2) is 40.3 Å². The van der Waals surface area contributed by atoms with Crippen molar-refractivity contribution in [1.29, 1.82) is 0 Å². The molecule has 0 aliphatic carbocycles. The Morgan fingerprint density at radius 1 is 1.36 bits per heavy atom. The molecule has 2 aromatic rings. The standard InChI is InChI=1S/C16H19NO4S/c1-12(16(19)20-2)10-17(11-13-5-3-7-21-13)15(18)9-14-6-4-8-22-14/h3-8,12H,9-11H2,1-2H3. The first-order valence-electron chi connectivity index (χ1n) is 7.00. The number of nitrogens with zero attached hydrogens (tertiary/aromatic N) is 1. The molecule has 2 rings (SSSR count). The van der Waals surface area contributed by atoms with E-state index in [0.717, 1.165) is 4.88 Å². The smallest absolute Gasteiger partial charge is 0.310 e. The Labute approximate surface area is 133 Å². The van der Waals surface area contributed by atoms with E-state index in [2.05, 4.69) is 0 Å². The monoisotopic (exact) mass is 321 g/mol. The van der Waals surface area contributed by atoms with Gasteiger partial charge in [-0.2, -0.15) is 0 Å². The minimum Gasteiger partial charge on any atom is -0.469 e. The molecule has 0 aliphatic rings. The van der Waals surface area contributed by atoms with E-state index in [4.69, 9.17) is 9.15 Å². The zero-order chi connectivity index (χ0) is 15.9. The SMILES string of the molecule is COC(=O)C(C)CN(Cc1ccco1)C(=O)Cc1cccs1. The first kappa shape index (κ1) is 16.3. The predicted molar refractivity (Wildman–Crippen MR) is 83.3 cm³/mol. The van der Waals surface area contributed by atoms with Gasteiger partial charge in [0.1, 0.15) is 5.76 Å². The highest BCUT2D eigenvalue weighted by Crippen LogP contribution is 2.14. The van der Waals surface area contributed by atoms with Crippen molar-refractivity contribution in [2.24, 2.45) is 5.92 Å². The third kappa shape index (κ3) is 4.46. The van der Waals surface area contributed by atoms with Crippen LogP contribution in [0.3, 0.4) is 0 Å². The van der Waals surface area contributed by atoms with Crippen molar-refractivity contribution in [3.8, 4) is 0 Å². The fourth-order valence-electron chi connectivity index (χ4n) is 2.13. The van der Waals surface area contributed by atoms with E-state index in [9.17, 15) is 9.59 Å². The molecule has 1 atom stereocenters. The van der Waals surface area contributed by atoms with E-state index in [-0.39, 0.29) is 17.8 Å². The van der Waals surface area contributed by atoms with E-state index in [1.807, 2.05) is 23.6 Å². The summed E-state index contributed by atoms with van der Waals surface area (Å²) in [4.78, 5) is 26.8. The van der Waals surface area contributed by atoms with Crippen LogP contribution in [-0.2, 0) is 27.3 Å². The molecule has 0 N–H and O–H groups in total. The molecule has 0 aliphatic heterocycles. The van der Waals surface area contributed by atoms with Crippen molar-refractivity contribution >= 4 is 23.2 Å². The molecule has 0 fully saturated rings. The Bertz CT molecular complexity index is 592. The minimum atomic E-state index is -0.382. The van der Waals surface area contributed by atoms with Crippen molar-refractivity contribution in [1.82, 2.24) is 4.90 Å². The lowest BCUT2D eigenvalue weighted by molar-refractivity contribution is -0.146. The summed E-state index contributed by atoms with van der Waals surface area (Å²) >= 11 is 1.54. The van der Waals surface area contributed by atoms with E-state index in [1.54, 1.807) is 35.5 Å². The predicted octanol–water partition coefficient (Wildman–Crippen LogP) is 2.72. The van der Waals surface area contributed by atoms with E-state index < -0.39 is 0 Å². The Hall–Kier alpha value is -2.08. The third-order valence-corrected chi connectivity index (χ3v) is 4.16. The summed E-state index contributed by atoms with van der Waals surface area (Å²) in [6.07, 6.45) is 1.90. The molecule has 2 heterocycles. The van der Waals surface area contributed by atoms with Crippen LogP contribution in [0.2, 0.25) is 0 Å². The fraction of sp³-hybridized carbons (Fsp3) is 0.375. The molecular formula is C16H19NO4S.